The van der Waals surface area contributed by atoms with Gasteiger partial charge in [-0.25, -0.2) is 0 Å². The third-order valence-corrected chi connectivity index (χ3v) is 5.68. The topological polar surface area (TPSA) is 59.3 Å². The van der Waals surface area contributed by atoms with Crippen molar-refractivity contribution in [2.24, 2.45) is 5.92 Å². The van der Waals surface area contributed by atoms with Crippen LogP contribution in [0.15, 0.2) is 54.6 Å². The van der Waals surface area contributed by atoms with Crippen LogP contribution < -0.4 is 0 Å². The number of aliphatic carboxylic acids is 1. The van der Waals surface area contributed by atoms with Crippen LogP contribution in [0, 0.1) is 5.92 Å². The summed E-state index contributed by atoms with van der Waals surface area (Å²) in [7, 11) is 0. The zero-order chi connectivity index (χ0) is 19.0. The van der Waals surface area contributed by atoms with Gasteiger partial charge in [0.15, 0.2) is 5.78 Å². The third-order valence-electron chi connectivity index (χ3n) is 5.68. The van der Waals surface area contributed by atoms with Crippen LogP contribution >= 0.6 is 0 Å². The number of carbonyl (C=O) groups is 2. The van der Waals surface area contributed by atoms with Gasteiger partial charge in [0.1, 0.15) is 0 Å². The van der Waals surface area contributed by atoms with E-state index in [1.807, 2.05) is 36.4 Å². The van der Waals surface area contributed by atoms with Crippen molar-refractivity contribution in [2.75, 3.05) is 0 Å². The first-order chi connectivity index (χ1) is 13.1. The molecule has 3 aromatic rings. The van der Waals surface area contributed by atoms with E-state index in [-0.39, 0.29) is 18.1 Å². The highest BCUT2D eigenvalue weighted by Gasteiger charge is 2.38. The standard InChI is InChI=1S/C23H23NO3/c1-2-16-12-17(13-20(25)26)23(27)21-18-10-6-7-11-19(18)24(22(16)21)14-15-8-4-3-5-9-15/h3-11,16-17H,2,12-14H2,1H3,(H,25,26). The SMILES string of the molecule is CCC1CC(CC(=O)O)C(=O)c2c1n(Cc1ccccc1)c1ccccc21. The van der Waals surface area contributed by atoms with E-state index in [0.717, 1.165) is 28.6 Å². The summed E-state index contributed by atoms with van der Waals surface area (Å²) in [6.45, 7) is 2.83. The quantitative estimate of drug-likeness (QED) is 0.706. The molecule has 0 saturated heterocycles. The summed E-state index contributed by atoms with van der Waals surface area (Å²) in [4.78, 5) is 24.5. The van der Waals surface area contributed by atoms with Crippen molar-refractivity contribution in [2.45, 2.75) is 38.6 Å². The second-order valence-electron chi connectivity index (χ2n) is 7.35. The van der Waals surface area contributed by atoms with Gasteiger partial charge in [-0.1, -0.05) is 55.5 Å². The van der Waals surface area contributed by atoms with E-state index < -0.39 is 11.9 Å². The van der Waals surface area contributed by atoms with Gasteiger partial charge in [-0.15, -0.1) is 0 Å². The number of fused-ring (bicyclic) bond motifs is 3. The molecule has 1 heterocycles. The van der Waals surface area contributed by atoms with Crippen LogP contribution in [0.1, 0.15) is 53.7 Å². The largest absolute Gasteiger partial charge is 0.481 e. The molecule has 4 heteroatoms. The van der Waals surface area contributed by atoms with Gasteiger partial charge in [-0.3, -0.25) is 9.59 Å². The van der Waals surface area contributed by atoms with Gasteiger partial charge in [-0.2, -0.15) is 0 Å². The molecule has 0 radical (unpaired) electrons. The Morgan fingerprint density at radius 2 is 1.78 bits per heavy atom. The highest BCUT2D eigenvalue weighted by Crippen LogP contribution is 2.43. The predicted octanol–water partition coefficient (Wildman–Crippen LogP) is 4.86. The molecule has 4 rings (SSSR count). The van der Waals surface area contributed by atoms with E-state index in [0.29, 0.717) is 13.0 Å². The second-order valence-corrected chi connectivity index (χ2v) is 7.35. The normalized spacial score (nSPS) is 19.2. The Kier molecular flexibility index (Phi) is 4.56. The Labute approximate surface area is 158 Å². The number of benzene rings is 2. The Hall–Kier alpha value is -2.88. The molecule has 0 aliphatic heterocycles. The zero-order valence-electron chi connectivity index (χ0n) is 15.4. The molecule has 2 unspecified atom stereocenters. The molecule has 0 amide bonds. The van der Waals surface area contributed by atoms with E-state index in [9.17, 15) is 14.7 Å². The van der Waals surface area contributed by atoms with Crippen LogP contribution in [0.3, 0.4) is 0 Å². The fraction of sp³-hybridized carbons (Fsp3) is 0.304. The summed E-state index contributed by atoms with van der Waals surface area (Å²) >= 11 is 0. The molecule has 27 heavy (non-hydrogen) atoms. The number of para-hydroxylation sites is 1. The van der Waals surface area contributed by atoms with Crippen molar-refractivity contribution in [3.8, 4) is 0 Å². The lowest BCUT2D eigenvalue weighted by molar-refractivity contribution is -0.137. The Bertz CT molecular complexity index is 1000. The molecule has 1 aromatic heterocycles. The Morgan fingerprint density at radius 3 is 2.48 bits per heavy atom. The number of aromatic nitrogens is 1. The number of nitrogens with zero attached hydrogens (tertiary/aromatic N) is 1. The molecule has 1 N–H and O–H groups in total. The van der Waals surface area contributed by atoms with Crippen molar-refractivity contribution in [3.63, 3.8) is 0 Å². The molecule has 1 aliphatic rings. The van der Waals surface area contributed by atoms with Crippen LogP contribution in [0.4, 0.5) is 0 Å². The Morgan fingerprint density at radius 1 is 1.07 bits per heavy atom. The first-order valence-corrected chi connectivity index (χ1v) is 9.51. The van der Waals surface area contributed by atoms with Crippen molar-refractivity contribution >= 4 is 22.7 Å². The van der Waals surface area contributed by atoms with Gasteiger partial charge in [0.2, 0.25) is 0 Å². The molecule has 0 saturated carbocycles. The minimum atomic E-state index is -0.903. The molecule has 0 fully saturated rings. The maximum atomic E-state index is 13.2. The molecule has 138 valence electrons. The van der Waals surface area contributed by atoms with Crippen LogP contribution in [0.25, 0.3) is 10.9 Å². The molecule has 2 atom stereocenters. The lowest BCUT2D eigenvalue weighted by Gasteiger charge is -2.29. The monoisotopic (exact) mass is 361 g/mol. The highest BCUT2D eigenvalue weighted by molar-refractivity contribution is 6.12. The summed E-state index contributed by atoms with van der Waals surface area (Å²) in [5.74, 6) is -1.16. The molecule has 4 nitrogen and oxygen atoms in total. The van der Waals surface area contributed by atoms with E-state index in [4.69, 9.17) is 0 Å². The maximum absolute atomic E-state index is 13.2. The molecular formula is C23H23NO3. The maximum Gasteiger partial charge on any atom is 0.304 e. The van der Waals surface area contributed by atoms with Crippen molar-refractivity contribution in [1.82, 2.24) is 4.57 Å². The fourth-order valence-electron chi connectivity index (χ4n) is 4.46. The van der Waals surface area contributed by atoms with E-state index in [1.165, 1.54) is 5.56 Å². The number of carboxylic acids is 1. The van der Waals surface area contributed by atoms with Crippen LogP contribution in [0.5, 0.6) is 0 Å². The molecule has 2 aromatic carbocycles. The van der Waals surface area contributed by atoms with E-state index in [1.54, 1.807) is 0 Å². The number of carbonyl (C=O) groups excluding carboxylic acids is 1. The van der Waals surface area contributed by atoms with Crippen LogP contribution in [-0.2, 0) is 11.3 Å². The van der Waals surface area contributed by atoms with Crippen LogP contribution in [-0.4, -0.2) is 21.4 Å². The van der Waals surface area contributed by atoms with Crippen molar-refractivity contribution in [3.05, 3.63) is 71.4 Å². The summed E-state index contributed by atoms with van der Waals surface area (Å²) in [6, 6.07) is 18.2. The predicted molar refractivity (Wildman–Crippen MR) is 105 cm³/mol. The average Bonchev–Trinajstić information content (AvgIpc) is 2.99. The van der Waals surface area contributed by atoms with E-state index in [2.05, 4.69) is 29.7 Å². The fourth-order valence-corrected chi connectivity index (χ4v) is 4.46. The van der Waals surface area contributed by atoms with Gasteiger partial charge < -0.3 is 9.67 Å². The number of rotatable bonds is 5. The number of ketones is 1. The summed E-state index contributed by atoms with van der Waals surface area (Å²) < 4.78 is 2.27. The third kappa shape index (κ3) is 3.05. The van der Waals surface area contributed by atoms with Gasteiger partial charge in [0.25, 0.3) is 0 Å². The lowest BCUT2D eigenvalue weighted by atomic mass is 9.76. The van der Waals surface area contributed by atoms with Gasteiger partial charge in [-0.05, 0) is 24.5 Å². The number of carboxylic acid groups (broad SMARTS) is 1. The van der Waals surface area contributed by atoms with Gasteiger partial charge >= 0.3 is 5.97 Å². The minimum Gasteiger partial charge on any atom is -0.481 e. The molecule has 1 aliphatic carbocycles. The lowest BCUT2D eigenvalue weighted by Crippen LogP contribution is -2.28. The first kappa shape index (κ1) is 17.5. The molecule has 0 spiro atoms. The van der Waals surface area contributed by atoms with Crippen LogP contribution in [0.2, 0.25) is 0 Å². The summed E-state index contributed by atoms with van der Waals surface area (Å²) in [5.41, 5.74) is 4.06. The molecular weight excluding hydrogens is 338 g/mol. The first-order valence-electron chi connectivity index (χ1n) is 9.51. The van der Waals surface area contributed by atoms with Gasteiger partial charge in [0.05, 0.1) is 6.42 Å². The Balaban J connectivity index is 1.91. The number of Topliss-reactive ketones (excluding diaryl/α,β-unsaturated/α-hetero) is 1. The highest BCUT2D eigenvalue weighted by atomic mass is 16.4. The number of hydrogen-bond acceptors (Lipinski definition) is 2. The molecule has 0 bridgehead atoms. The van der Waals surface area contributed by atoms with Gasteiger partial charge in [0, 0.05) is 40.5 Å². The van der Waals surface area contributed by atoms with Crippen molar-refractivity contribution < 1.29 is 14.7 Å². The zero-order valence-corrected chi connectivity index (χ0v) is 15.4. The second kappa shape index (κ2) is 7.03. The average molecular weight is 361 g/mol. The minimum absolute atomic E-state index is 0.0138. The van der Waals surface area contributed by atoms with Crippen molar-refractivity contribution in [1.29, 1.82) is 0 Å². The summed E-state index contributed by atoms with van der Waals surface area (Å²) in [6.07, 6.45) is 1.41. The summed E-state index contributed by atoms with van der Waals surface area (Å²) in [5, 5.41) is 10.2. The number of hydrogen-bond donors (Lipinski definition) is 1. The van der Waals surface area contributed by atoms with E-state index >= 15 is 0 Å². The smallest absolute Gasteiger partial charge is 0.304 e.